The van der Waals surface area contributed by atoms with Crippen molar-refractivity contribution in [2.24, 2.45) is 5.73 Å². The predicted molar refractivity (Wildman–Crippen MR) is 96.1 cm³/mol. The van der Waals surface area contributed by atoms with Crippen LogP contribution in [-0.2, 0) is 6.54 Å². The Morgan fingerprint density at radius 1 is 1.12 bits per heavy atom. The molecule has 0 saturated heterocycles. The van der Waals surface area contributed by atoms with E-state index in [-0.39, 0.29) is 5.69 Å². The number of carbonyl (C=O) groups is 1. The molecule has 0 atom stereocenters. The van der Waals surface area contributed by atoms with Crippen molar-refractivity contribution in [1.82, 2.24) is 20.0 Å². The van der Waals surface area contributed by atoms with Crippen LogP contribution in [0.3, 0.4) is 0 Å². The quantitative estimate of drug-likeness (QED) is 0.602. The van der Waals surface area contributed by atoms with Crippen molar-refractivity contribution in [2.75, 3.05) is 0 Å². The molecule has 2 aromatic carbocycles. The SMILES string of the molecule is Cc1ccc(Cn2ccc3ccc(-c4n[nH]nc4C(N)=O)cc32)cc1. The predicted octanol–water partition coefficient (Wildman–Crippen LogP) is 2.88. The number of hydrogen-bond donors (Lipinski definition) is 2. The second-order valence-corrected chi connectivity index (χ2v) is 6.09. The molecule has 2 heterocycles. The molecule has 25 heavy (non-hydrogen) atoms. The smallest absolute Gasteiger partial charge is 0.271 e. The molecule has 0 bridgehead atoms. The lowest BCUT2D eigenvalue weighted by Gasteiger charge is -2.07. The maximum atomic E-state index is 11.5. The minimum atomic E-state index is -0.598. The Morgan fingerprint density at radius 3 is 2.68 bits per heavy atom. The molecule has 124 valence electrons. The van der Waals surface area contributed by atoms with Gasteiger partial charge in [0.1, 0.15) is 5.69 Å². The van der Waals surface area contributed by atoms with Crippen LogP contribution in [0.15, 0.2) is 54.7 Å². The lowest BCUT2D eigenvalue weighted by atomic mass is 10.1. The number of amides is 1. The number of rotatable bonds is 4. The second kappa shape index (κ2) is 5.90. The Bertz CT molecular complexity index is 1060. The van der Waals surface area contributed by atoms with Crippen LogP contribution in [0.25, 0.3) is 22.2 Å². The highest BCUT2D eigenvalue weighted by atomic mass is 16.1. The molecule has 6 heteroatoms. The number of fused-ring (bicyclic) bond motifs is 1. The van der Waals surface area contributed by atoms with Crippen LogP contribution in [0.4, 0.5) is 0 Å². The fraction of sp³-hybridized carbons (Fsp3) is 0.105. The minimum Gasteiger partial charge on any atom is -0.364 e. The largest absolute Gasteiger partial charge is 0.364 e. The van der Waals surface area contributed by atoms with E-state index in [1.54, 1.807) is 0 Å². The first-order valence-corrected chi connectivity index (χ1v) is 7.97. The molecule has 0 unspecified atom stereocenters. The van der Waals surface area contributed by atoms with Crippen molar-refractivity contribution in [2.45, 2.75) is 13.5 Å². The van der Waals surface area contributed by atoms with Crippen molar-refractivity contribution in [3.8, 4) is 11.3 Å². The number of H-pyrrole nitrogens is 1. The summed E-state index contributed by atoms with van der Waals surface area (Å²) in [5.41, 5.74) is 10.3. The summed E-state index contributed by atoms with van der Waals surface area (Å²) in [5.74, 6) is -0.598. The van der Waals surface area contributed by atoms with Crippen molar-refractivity contribution in [3.63, 3.8) is 0 Å². The van der Waals surface area contributed by atoms with E-state index in [4.69, 9.17) is 5.73 Å². The summed E-state index contributed by atoms with van der Waals surface area (Å²) in [7, 11) is 0. The highest BCUT2D eigenvalue weighted by Crippen LogP contribution is 2.26. The summed E-state index contributed by atoms with van der Waals surface area (Å²) in [4.78, 5) is 11.5. The van der Waals surface area contributed by atoms with Crippen LogP contribution < -0.4 is 5.73 Å². The topological polar surface area (TPSA) is 89.6 Å². The summed E-state index contributed by atoms with van der Waals surface area (Å²) in [6.07, 6.45) is 2.06. The molecular formula is C19H17N5O. The molecule has 3 N–H and O–H groups in total. The maximum absolute atomic E-state index is 11.5. The van der Waals surface area contributed by atoms with Crippen LogP contribution in [0.1, 0.15) is 21.6 Å². The fourth-order valence-electron chi connectivity index (χ4n) is 2.96. The Balaban J connectivity index is 1.76. The van der Waals surface area contributed by atoms with E-state index < -0.39 is 5.91 Å². The first-order chi connectivity index (χ1) is 12.1. The van der Waals surface area contributed by atoms with Gasteiger partial charge in [-0.2, -0.15) is 15.4 Å². The highest BCUT2D eigenvalue weighted by Gasteiger charge is 2.16. The van der Waals surface area contributed by atoms with Gasteiger partial charge in [0.05, 0.1) is 0 Å². The monoisotopic (exact) mass is 331 g/mol. The van der Waals surface area contributed by atoms with E-state index in [2.05, 4.69) is 63.4 Å². The third-order valence-corrected chi connectivity index (χ3v) is 4.30. The zero-order chi connectivity index (χ0) is 17.4. The van der Waals surface area contributed by atoms with E-state index in [1.807, 2.05) is 18.2 Å². The molecule has 0 radical (unpaired) electrons. The van der Waals surface area contributed by atoms with Gasteiger partial charge in [0.15, 0.2) is 5.69 Å². The molecular weight excluding hydrogens is 314 g/mol. The van der Waals surface area contributed by atoms with E-state index in [1.165, 1.54) is 11.1 Å². The number of primary amides is 1. The summed E-state index contributed by atoms with van der Waals surface area (Å²) in [6, 6.07) is 16.5. The maximum Gasteiger partial charge on any atom is 0.271 e. The lowest BCUT2D eigenvalue weighted by molar-refractivity contribution is 0.0996. The fourth-order valence-corrected chi connectivity index (χ4v) is 2.96. The van der Waals surface area contributed by atoms with Crippen LogP contribution in [-0.4, -0.2) is 25.9 Å². The van der Waals surface area contributed by atoms with Gasteiger partial charge in [0, 0.05) is 23.8 Å². The normalized spacial score (nSPS) is 11.1. The van der Waals surface area contributed by atoms with Gasteiger partial charge in [0.2, 0.25) is 0 Å². The number of hydrogen-bond acceptors (Lipinski definition) is 3. The number of nitrogens with one attached hydrogen (secondary N) is 1. The first kappa shape index (κ1) is 15.1. The standard InChI is InChI=1S/C19H17N5O/c1-12-2-4-13(5-3-12)11-24-9-8-14-6-7-15(10-16(14)24)17-18(19(20)25)22-23-21-17/h2-10H,11H2,1H3,(H2,20,25)(H,21,22,23). The summed E-state index contributed by atoms with van der Waals surface area (Å²) < 4.78 is 2.17. The van der Waals surface area contributed by atoms with Crippen LogP contribution >= 0.6 is 0 Å². The van der Waals surface area contributed by atoms with Crippen molar-refractivity contribution in [3.05, 3.63) is 71.5 Å². The Labute approximate surface area is 144 Å². The molecule has 0 spiro atoms. The Hall–Kier alpha value is -3.41. The number of aromatic nitrogens is 4. The summed E-state index contributed by atoms with van der Waals surface area (Å²) >= 11 is 0. The molecule has 4 rings (SSSR count). The molecule has 6 nitrogen and oxygen atoms in total. The van der Waals surface area contributed by atoms with Crippen molar-refractivity contribution in [1.29, 1.82) is 0 Å². The molecule has 0 saturated carbocycles. The van der Waals surface area contributed by atoms with Gasteiger partial charge in [-0.05, 0) is 30.0 Å². The Kier molecular flexibility index (Phi) is 3.57. The summed E-state index contributed by atoms with van der Waals surface area (Å²) in [5, 5.41) is 11.5. The van der Waals surface area contributed by atoms with Crippen LogP contribution in [0.2, 0.25) is 0 Å². The third kappa shape index (κ3) is 2.78. The molecule has 1 amide bonds. The molecule has 0 aliphatic rings. The number of benzene rings is 2. The zero-order valence-electron chi connectivity index (χ0n) is 13.7. The van der Waals surface area contributed by atoms with Crippen LogP contribution in [0.5, 0.6) is 0 Å². The van der Waals surface area contributed by atoms with Gasteiger partial charge >= 0.3 is 0 Å². The van der Waals surface area contributed by atoms with Crippen molar-refractivity contribution < 1.29 is 4.79 Å². The summed E-state index contributed by atoms with van der Waals surface area (Å²) in [6.45, 7) is 2.85. The van der Waals surface area contributed by atoms with Gasteiger partial charge < -0.3 is 10.3 Å². The minimum absolute atomic E-state index is 0.149. The number of nitrogens with zero attached hydrogens (tertiary/aromatic N) is 3. The van der Waals surface area contributed by atoms with E-state index >= 15 is 0 Å². The highest BCUT2D eigenvalue weighted by molar-refractivity contribution is 5.97. The number of nitrogens with two attached hydrogens (primary N) is 1. The van der Waals surface area contributed by atoms with Gasteiger partial charge in [0.25, 0.3) is 5.91 Å². The molecule has 4 aromatic rings. The molecule has 0 aliphatic carbocycles. The second-order valence-electron chi connectivity index (χ2n) is 6.09. The lowest BCUT2D eigenvalue weighted by Crippen LogP contribution is -2.12. The van der Waals surface area contributed by atoms with Crippen molar-refractivity contribution >= 4 is 16.8 Å². The van der Waals surface area contributed by atoms with Gasteiger partial charge in [-0.3, -0.25) is 4.79 Å². The zero-order valence-corrected chi connectivity index (χ0v) is 13.7. The van der Waals surface area contributed by atoms with E-state index in [0.717, 1.165) is 23.0 Å². The van der Waals surface area contributed by atoms with Gasteiger partial charge in [-0.1, -0.05) is 42.0 Å². The molecule has 0 fully saturated rings. The van der Waals surface area contributed by atoms with E-state index in [0.29, 0.717) is 5.69 Å². The average molecular weight is 331 g/mol. The average Bonchev–Trinajstić information content (AvgIpc) is 3.24. The Morgan fingerprint density at radius 2 is 1.92 bits per heavy atom. The molecule has 0 aliphatic heterocycles. The number of aryl methyl sites for hydroxylation is 1. The number of carbonyl (C=O) groups excluding carboxylic acids is 1. The van der Waals surface area contributed by atoms with Gasteiger partial charge in [-0.25, -0.2) is 0 Å². The van der Waals surface area contributed by atoms with Crippen LogP contribution in [0, 0.1) is 6.92 Å². The third-order valence-electron chi connectivity index (χ3n) is 4.30. The van der Waals surface area contributed by atoms with E-state index in [9.17, 15) is 4.79 Å². The first-order valence-electron chi connectivity index (χ1n) is 7.97. The number of aromatic amines is 1. The van der Waals surface area contributed by atoms with Gasteiger partial charge in [-0.15, -0.1) is 0 Å². The molecule has 2 aromatic heterocycles.